The minimum Gasteiger partial charge on any atom is -0.309 e. The van der Waals surface area contributed by atoms with Gasteiger partial charge in [-0.25, -0.2) is 4.39 Å². The van der Waals surface area contributed by atoms with Crippen LogP contribution in [0, 0.1) is 0 Å². The van der Waals surface area contributed by atoms with Crippen LogP contribution >= 0.6 is 0 Å². The van der Waals surface area contributed by atoms with Crippen molar-refractivity contribution in [1.29, 1.82) is 0 Å². The van der Waals surface area contributed by atoms with E-state index in [0.717, 1.165) is 13.1 Å². The number of nitrogens with zero attached hydrogens (tertiary/aromatic N) is 1. The monoisotopic (exact) mass is 236 g/mol. The van der Waals surface area contributed by atoms with Crippen molar-refractivity contribution < 1.29 is 4.39 Å². The van der Waals surface area contributed by atoms with E-state index < -0.39 is 0 Å². The first kappa shape index (κ1) is 12.5. The molecule has 0 aromatic heterocycles. The maximum Gasteiger partial charge on any atom is 0.102 e. The Labute approximate surface area is 103 Å². The lowest BCUT2D eigenvalue weighted by Gasteiger charge is -2.44. The summed E-state index contributed by atoms with van der Waals surface area (Å²) in [4.78, 5) is 2.24. The van der Waals surface area contributed by atoms with E-state index in [2.05, 4.69) is 36.2 Å². The van der Waals surface area contributed by atoms with Gasteiger partial charge in [0.05, 0.1) is 0 Å². The van der Waals surface area contributed by atoms with Crippen LogP contribution in [0.25, 0.3) is 0 Å². The Balaban J connectivity index is 2.16. The Morgan fingerprint density at radius 3 is 2.71 bits per heavy atom. The lowest BCUT2D eigenvalue weighted by atomic mass is 9.95. The van der Waals surface area contributed by atoms with Gasteiger partial charge < -0.3 is 5.32 Å². The SMILES string of the molecule is CC1(C)CN(CCF)C(c2ccccc2)CN1. The molecule has 0 aliphatic carbocycles. The van der Waals surface area contributed by atoms with Crippen LogP contribution in [-0.2, 0) is 0 Å². The lowest BCUT2D eigenvalue weighted by Crippen LogP contribution is -2.58. The predicted octanol–water partition coefficient (Wildman–Crippen LogP) is 2.38. The predicted molar refractivity (Wildman–Crippen MR) is 68.8 cm³/mol. The van der Waals surface area contributed by atoms with Gasteiger partial charge >= 0.3 is 0 Å². The summed E-state index contributed by atoms with van der Waals surface area (Å²) in [5.41, 5.74) is 1.34. The van der Waals surface area contributed by atoms with Gasteiger partial charge in [0.1, 0.15) is 6.67 Å². The van der Waals surface area contributed by atoms with E-state index in [-0.39, 0.29) is 12.2 Å². The summed E-state index contributed by atoms with van der Waals surface area (Å²) in [5.74, 6) is 0. The van der Waals surface area contributed by atoms with Crippen molar-refractivity contribution in [3.05, 3.63) is 35.9 Å². The first-order valence-corrected chi connectivity index (χ1v) is 6.22. The molecule has 1 heterocycles. The topological polar surface area (TPSA) is 15.3 Å². The van der Waals surface area contributed by atoms with Crippen molar-refractivity contribution in [2.75, 3.05) is 26.3 Å². The molecule has 1 N–H and O–H groups in total. The van der Waals surface area contributed by atoms with E-state index in [4.69, 9.17) is 0 Å². The molecule has 1 aliphatic rings. The number of piperazine rings is 1. The lowest BCUT2D eigenvalue weighted by molar-refractivity contribution is 0.0886. The highest BCUT2D eigenvalue weighted by atomic mass is 19.1. The number of nitrogens with one attached hydrogen (secondary N) is 1. The highest BCUT2D eigenvalue weighted by Gasteiger charge is 2.32. The molecule has 0 spiro atoms. The zero-order valence-corrected chi connectivity index (χ0v) is 10.6. The summed E-state index contributed by atoms with van der Waals surface area (Å²) >= 11 is 0. The van der Waals surface area contributed by atoms with Gasteiger partial charge in [0, 0.05) is 31.2 Å². The molecule has 1 saturated heterocycles. The summed E-state index contributed by atoms with van der Waals surface area (Å²) in [6, 6.07) is 10.6. The average molecular weight is 236 g/mol. The van der Waals surface area contributed by atoms with Gasteiger partial charge in [0.15, 0.2) is 0 Å². The second-order valence-corrected chi connectivity index (χ2v) is 5.35. The van der Waals surface area contributed by atoms with E-state index in [1.54, 1.807) is 0 Å². The van der Waals surface area contributed by atoms with Gasteiger partial charge in [-0.2, -0.15) is 0 Å². The maximum absolute atomic E-state index is 12.7. The van der Waals surface area contributed by atoms with Crippen LogP contribution in [0.5, 0.6) is 0 Å². The molecule has 1 aromatic carbocycles. The molecule has 1 aliphatic heterocycles. The number of rotatable bonds is 3. The number of alkyl halides is 1. The summed E-state index contributed by atoms with van der Waals surface area (Å²) in [5, 5.41) is 3.53. The number of halogens is 1. The maximum atomic E-state index is 12.7. The number of benzene rings is 1. The molecule has 0 bridgehead atoms. The van der Waals surface area contributed by atoms with Gasteiger partial charge in [-0.05, 0) is 19.4 Å². The first-order valence-electron chi connectivity index (χ1n) is 6.22. The fourth-order valence-corrected chi connectivity index (χ4v) is 2.52. The molecule has 2 nitrogen and oxygen atoms in total. The molecular formula is C14H21FN2. The van der Waals surface area contributed by atoms with Crippen molar-refractivity contribution in [3.63, 3.8) is 0 Å². The van der Waals surface area contributed by atoms with Gasteiger partial charge in [-0.1, -0.05) is 30.3 Å². The van der Waals surface area contributed by atoms with Crippen LogP contribution in [0.15, 0.2) is 30.3 Å². The smallest absolute Gasteiger partial charge is 0.102 e. The summed E-state index contributed by atoms with van der Waals surface area (Å²) in [6.45, 7) is 6.34. The zero-order chi connectivity index (χ0) is 12.3. The van der Waals surface area contributed by atoms with Gasteiger partial charge in [0.25, 0.3) is 0 Å². The summed E-state index contributed by atoms with van der Waals surface area (Å²) < 4.78 is 12.7. The standard InChI is InChI=1S/C14H21FN2/c1-14(2)11-17(9-8-15)13(10-16-14)12-6-4-3-5-7-12/h3-7,13,16H,8-11H2,1-2H3. The van der Waals surface area contributed by atoms with E-state index in [9.17, 15) is 4.39 Å². The molecule has 1 fully saturated rings. The van der Waals surface area contributed by atoms with Crippen molar-refractivity contribution >= 4 is 0 Å². The third kappa shape index (κ3) is 3.05. The quantitative estimate of drug-likeness (QED) is 0.867. The zero-order valence-electron chi connectivity index (χ0n) is 10.6. The van der Waals surface area contributed by atoms with E-state index in [1.807, 2.05) is 18.2 Å². The van der Waals surface area contributed by atoms with Crippen LogP contribution in [0.3, 0.4) is 0 Å². The number of hydrogen-bond donors (Lipinski definition) is 1. The molecule has 1 atom stereocenters. The molecule has 0 saturated carbocycles. The van der Waals surface area contributed by atoms with Crippen molar-refractivity contribution in [2.45, 2.75) is 25.4 Å². The van der Waals surface area contributed by atoms with Gasteiger partial charge in [-0.15, -0.1) is 0 Å². The molecule has 0 amide bonds. The first-order chi connectivity index (χ1) is 8.12. The van der Waals surface area contributed by atoms with Crippen molar-refractivity contribution in [3.8, 4) is 0 Å². The highest BCUT2D eigenvalue weighted by molar-refractivity contribution is 5.20. The molecule has 2 rings (SSSR count). The Bertz CT molecular complexity index is 350. The van der Waals surface area contributed by atoms with E-state index in [1.165, 1.54) is 5.56 Å². The largest absolute Gasteiger partial charge is 0.309 e. The van der Waals surface area contributed by atoms with Crippen molar-refractivity contribution in [1.82, 2.24) is 10.2 Å². The Kier molecular flexibility index (Phi) is 3.79. The number of hydrogen-bond acceptors (Lipinski definition) is 2. The fraction of sp³-hybridized carbons (Fsp3) is 0.571. The average Bonchev–Trinajstić information content (AvgIpc) is 2.30. The summed E-state index contributed by atoms with van der Waals surface area (Å²) in [6.07, 6.45) is 0. The second-order valence-electron chi connectivity index (χ2n) is 5.35. The molecule has 0 radical (unpaired) electrons. The molecule has 17 heavy (non-hydrogen) atoms. The molecule has 1 unspecified atom stereocenters. The van der Waals surface area contributed by atoms with Gasteiger partial charge in [-0.3, -0.25) is 4.90 Å². The van der Waals surface area contributed by atoms with Crippen LogP contribution < -0.4 is 5.32 Å². The second kappa shape index (κ2) is 5.15. The normalized spacial score (nSPS) is 24.8. The fourth-order valence-electron chi connectivity index (χ4n) is 2.52. The summed E-state index contributed by atoms with van der Waals surface area (Å²) in [7, 11) is 0. The Morgan fingerprint density at radius 1 is 1.35 bits per heavy atom. The van der Waals surface area contributed by atoms with Crippen LogP contribution in [0.4, 0.5) is 4.39 Å². The highest BCUT2D eigenvalue weighted by Crippen LogP contribution is 2.26. The van der Waals surface area contributed by atoms with Gasteiger partial charge in [0.2, 0.25) is 0 Å². The minimum absolute atomic E-state index is 0.0699. The van der Waals surface area contributed by atoms with Crippen molar-refractivity contribution in [2.24, 2.45) is 0 Å². The Morgan fingerprint density at radius 2 is 2.06 bits per heavy atom. The molecular weight excluding hydrogens is 215 g/mol. The third-order valence-electron chi connectivity index (χ3n) is 3.37. The van der Waals surface area contributed by atoms with Crippen LogP contribution in [0.2, 0.25) is 0 Å². The minimum atomic E-state index is -0.278. The van der Waals surface area contributed by atoms with Crippen LogP contribution in [0.1, 0.15) is 25.5 Å². The van der Waals surface area contributed by atoms with Crippen LogP contribution in [-0.4, -0.2) is 36.7 Å². The molecule has 3 heteroatoms. The molecule has 1 aromatic rings. The van der Waals surface area contributed by atoms with E-state index >= 15 is 0 Å². The Hall–Kier alpha value is -0.930. The third-order valence-corrected chi connectivity index (χ3v) is 3.37. The molecule has 94 valence electrons. The van der Waals surface area contributed by atoms with E-state index in [0.29, 0.717) is 12.6 Å².